The van der Waals surface area contributed by atoms with Gasteiger partial charge in [-0.15, -0.1) is 10.2 Å². The number of hydrogen-bond donors (Lipinski definition) is 1. The van der Waals surface area contributed by atoms with E-state index in [4.69, 9.17) is 9.47 Å². The molecular formula is C20H16N4O5S. The van der Waals surface area contributed by atoms with E-state index in [0.29, 0.717) is 27.6 Å². The van der Waals surface area contributed by atoms with E-state index in [1.807, 2.05) is 0 Å². The van der Waals surface area contributed by atoms with Crippen molar-refractivity contribution in [2.45, 2.75) is 6.54 Å². The van der Waals surface area contributed by atoms with Crippen LogP contribution in [0, 0.1) is 0 Å². The second kappa shape index (κ2) is 8.29. The fraction of sp³-hybridized carbons (Fsp3) is 0.150. The van der Waals surface area contributed by atoms with Crippen LogP contribution in [-0.2, 0) is 11.3 Å². The normalized spacial score (nSPS) is 12.6. The van der Waals surface area contributed by atoms with Crippen molar-refractivity contribution in [2.24, 2.45) is 0 Å². The van der Waals surface area contributed by atoms with E-state index in [0.717, 1.165) is 16.2 Å². The molecular weight excluding hydrogens is 408 g/mol. The minimum Gasteiger partial charge on any atom is -0.493 e. The minimum absolute atomic E-state index is 0.0163. The van der Waals surface area contributed by atoms with Crippen LogP contribution >= 0.6 is 11.3 Å². The van der Waals surface area contributed by atoms with Crippen molar-refractivity contribution >= 4 is 34.2 Å². The molecule has 0 fully saturated rings. The standard InChI is InChI=1S/C20H16N4O5S/c1-28-14-8-4-5-9-15(14)29-11-16(25)21-20-23-22-17(30-20)10-24-18(26)12-6-2-3-7-13(12)19(24)27/h2-9H,10-11H2,1H3,(H,21,23,25). The summed E-state index contributed by atoms with van der Waals surface area (Å²) < 4.78 is 10.6. The Morgan fingerprint density at radius 2 is 1.63 bits per heavy atom. The van der Waals surface area contributed by atoms with Crippen LogP contribution < -0.4 is 14.8 Å². The van der Waals surface area contributed by atoms with Crippen molar-refractivity contribution in [1.29, 1.82) is 0 Å². The quantitative estimate of drug-likeness (QED) is 0.580. The maximum atomic E-state index is 12.4. The fourth-order valence-electron chi connectivity index (χ4n) is 2.92. The van der Waals surface area contributed by atoms with Gasteiger partial charge in [0.05, 0.1) is 24.8 Å². The molecule has 152 valence electrons. The smallest absolute Gasteiger partial charge is 0.264 e. The molecule has 10 heteroatoms. The third-order valence-corrected chi connectivity index (χ3v) is 5.14. The zero-order chi connectivity index (χ0) is 21.1. The van der Waals surface area contributed by atoms with Crippen molar-refractivity contribution in [3.8, 4) is 11.5 Å². The molecule has 3 aromatic rings. The number of benzene rings is 2. The van der Waals surface area contributed by atoms with Gasteiger partial charge < -0.3 is 9.47 Å². The van der Waals surface area contributed by atoms with Crippen molar-refractivity contribution in [3.05, 3.63) is 64.7 Å². The largest absolute Gasteiger partial charge is 0.493 e. The third kappa shape index (κ3) is 3.85. The average Bonchev–Trinajstić information content (AvgIpc) is 3.30. The number of carbonyl (C=O) groups excluding carboxylic acids is 3. The third-order valence-electron chi connectivity index (χ3n) is 4.31. The Balaban J connectivity index is 1.35. The van der Waals surface area contributed by atoms with E-state index in [2.05, 4.69) is 15.5 Å². The maximum absolute atomic E-state index is 12.4. The first-order valence-corrected chi connectivity index (χ1v) is 9.71. The summed E-state index contributed by atoms with van der Waals surface area (Å²) in [7, 11) is 1.51. The maximum Gasteiger partial charge on any atom is 0.264 e. The van der Waals surface area contributed by atoms with E-state index < -0.39 is 5.91 Å². The fourth-order valence-corrected chi connectivity index (χ4v) is 3.67. The predicted molar refractivity (Wildman–Crippen MR) is 108 cm³/mol. The van der Waals surface area contributed by atoms with E-state index in [9.17, 15) is 14.4 Å². The first-order valence-electron chi connectivity index (χ1n) is 8.90. The predicted octanol–water partition coefficient (Wildman–Crippen LogP) is 2.36. The second-order valence-corrected chi connectivity index (χ2v) is 7.29. The van der Waals surface area contributed by atoms with Crippen LogP contribution in [0.25, 0.3) is 0 Å². The van der Waals surface area contributed by atoms with Crippen molar-refractivity contribution in [2.75, 3.05) is 19.0 Å². The molecule has 0 saturated heterocycles. The highest BCUT2D eigenvalue weighted by atomic mass is 32.1. The topological polar surface area (TPSA) is 111 Å². The van der Waals surface area contributed by atoms with Crippen LogP contribution in [0.2, 0.25) is 0 Å². The highest BCUT2D eigenvalue weighted by Gasteiger charge is 2.35. The number of rotatable bonds is 7. The Bertz CT molecular complexity index is 1090. The summed E-state index contributed by atoms with van der Waals surface area (Å²) in [5.74, 6) is -0.212. The molecule has 2 aromatic carbocycles. The van der Waals surface area contributed by atoms with Gasteiger partial charge >= 0.3 is 0 Å². The van der Waals surface area contributed by atoms with Crippen LogP contribution in [-0.4, -0.2) is 46.5 Å². The van der Waals surface area contributed by atoms with Crippen LogP contribution in [0.4, 0.5) is 5.13 Å². The number of hydrogen-bond acceptors (Lipinski definition) is 8. The SMILES string of the molecule is COc1ccccc1OCC(=O)Nc1nnc(CN2C(=O)c3ccccc3C2=O)s1. The van der Waals surface area contributed by atoms with Gasteiger partial charge in [-0.1, -0.05) is 35.6 Å². The number of imide groups is 1. The molecule has 0 saturated carbocycles. The molecule has 1 N–H and O–H groups in total. The first-order chi connectivity index (χ1) is 14.6. The van der Waals surface area contributed by atoms with E-state index >= 15 is 0 Å². The van der Waals surface area contributed by atoms with Gasteiger partial charge in [-0.25, -0.2) is 0 Å². The van der Waals surface area contributed by atoms with Gasteiger partial charge in [0.1, 0.15) is 5.01 Å². The summed E-state index contributed by atoms with van der Waals surface area (Å²) in [5.41, 5.74) is 0.739. The van der Waals surface area contributed by atoms with Crippen LogP contribution in [0.5, 0.6) is 11.5 Å². The summed E-state index contributed by atoms with van der Waals surface area (Å²) in [6.45, 7) is -0.259. The molecule has 0 aliphatic carbocycles. The van der Waals surface area contributed by atoms with Crippen molar-refractivity contribution in [3.63, 3.8) is 0 Å². The zero-order valence-corrected chi connectivity index (χ0v) is 16.6. The Morgan fingerprint density at radius 1 is 1.00 bits per heavy atom. The van der Waals surface area contributed by atoms with Crippen LogP contribution in [0.1, 0.15) is 25.7 Å². The van der Waals surface area contributed by atoms with Crippen LogP contribution in [0.15, 0.2) is 48.5 Å². The Hall–Kier alpha value is -3.79. The number of carbonyl (C=O) groups is 3. The molecule has 1 aliphatic rings. The lowest BCUT2D eigenvalue weighted by atomic mass is 10.1. The zero-order valence-electron chi connectivity index (χ0n) is 15.8. The molecule has 0 bridgehead atoms. The number of amides is 3. The Labute approximate surface area is 175 Å². The van der Waals surface area contributed by atoms with E-state index in [1.54, 1.807) is 48.5 Å². The number of aromatic nitrogens is 2. The van der Waals surface area contributed by atoms with Gasteiger partial charge in [-0.2, -0.15) is 0 Å². The number of anilines is 1. The molecule has 30 heavy (non-hydrogen) atoms. The van der Waals surface area contributed by atoms with Gasteiger partial charge in [0.25, 0.3) is 17.7 Å². The average molecular weight is 424 g/mol. The van der Waals surface area contributed by atoms with Gasteiger partial charge in [0, 0.05) is 0 Å². The van der Waals surface area contributed by atoms with Crippen LogP contribution in [0.3, 0.4) is 0 Å². The van der Waals surface area contributed by atoms with Crippen molar-refractivity contribution < 1.29 is 23.9 Å². The molecule has 2 heterocycles. The minimum atomic E-state index is -0.427. The first kappa shape index (κ1) is 19.5. The van der Waals surface area contributed by atoms with E-state index in [1.165, 1.54) is 7.11 Å². The summed E-state index contributed by atoms with van der Waals surface area (Å²) in [5, 5.41) is 11.1. The number of methoxy groups -OCH3 is 1. The van der Waals surface area contributed by atoms with Gasteiger partial charge in [-0.05, 0) is 24.3 Å². The molecule has 0 radical (unpaired) electrons. The van der Waals surface area contributed by atoms with E-state index in [-0.39, 0.29) is 30.1 Å². The molecule has 1 aliphatic heterocycles. The summed E-state index contributed by atoms with van der Waals surface area (Å²) in [6.07, 6.45) is 0. The molecule has 4 rings (SSSR count). The highest BCUT2D eigenvalue weighted by molar-refractivity contribution is 7.15. The Morgan fingerprint density at radius 3 is 2.30 bits per heavy atom. The lowest BCUT2D eigenvalue weighted by Crippen LogP contribution is -2.29. The van der Waals surface area contributed by atoms with Gasteiger partial charge in [0.2, 0.25) is 5.13 Å². The lowest BCUT2D eigenvalue weighted by Gasteiger charge is -2.10. The summed E-state index contributed by atoms with van der Waals surface area (Å²) >= 11 is 1.08. The lowest BCUT2D eigenvalue weighted by molar-refractivity contribution is -0.118. The number of ether oxygens (including phenoxy) is 2. The number of para-hydroxylation sites is 2. The van der Waals surface area contributed by atoms with Gasteiger partial charge in [0.15, 0.2) is 18.1 Å². The summed E-state index contributed by atoms with van der Waals surface area (Å²) in [4.78, 5) is 38.1. The number of nitrogens with zero attached hydrogens (tertiary/aromatic N) is 3. The Kier molecular flexibility index (Phi) is 5.40. The highest BCUT2D eigenvalue weighted by Crippen LogP contribution is 2.27. The number of fused-ring (bicyclic) bond motifs is 1. The molecule has 0 spiro atoms. The molecule has 0 atom stereocenters. The molecule has 3 amide bonds. The summed E-state index contributed by atoms with van der Waals surface area (Å²) in [6, 6.07) is 13.6. The van der Waals surface area contributed by atoms with Crippen molar-refractivity contribution in [1.82, 2.24) is 15.1 Å². The monoisotopic (exact) mass is 424 g/mol. The van der Waals surface area contributed by atoms with Gasteiger partial charge in [-0.3, -0.25) is 24.6 Å². The molecule has 1 aromatic heterocycles. The molecule has 0 unspecified atom stereocenters. The molecule has 9 nitrogen and oxygen atoms in total. The number of nitrogens with one attached hydrogen (secondary N) is 1. The second-order valence-electron chi connectivity index (χ2n) is 6.23.